The molecule has 0 saturated carbocycles. The second-order valence-corrected chi connectivity index (χ2v) is 7.81. The molecule has 9 heteroatoms. The lowest BCUT2D eigenvalue weighted by atomic mass is 10.1. The van der Waals surface area contributed by atoms with Crippen LogP contribution in [-0.2, 0) is 10.0 Å². The van der Waals surface area contributed by atoms with Crippen molar-refractivity contribution in [3.63, 3.8) is 0 Å². The largest absolute Gasteiger partial charge is 0.505 e. The molecule has 2 N–H and O–H groups in total. The third kappa shape index (κ3) is 3.71. The van der Waals surface area contributed by atoms with Crippen molar-refractivity contribution < 1.29 is 18.3 Å². The minimum absolute atomic E-state index is 0.0528. The van der Waals surface area contributed by atoms with Crippen molar-refractivity contribution in [1.29, 1.82) is 0 Å². The highest BCUT2D eigenvalue weighted by Gasteiger charge is 2.28. The normalized spacial score (nSPS) is 17.2. The van der Waals surface area contributed by atoms with E-state index >= 15 is 0 Å². The Labute approximate surface area is 145 Å². The SMILES string of the molecule is CC(NC(=O)c1ncc(O)cn1)c1cccc(N2CCCS2(=O)=O)c1. The highest BCUT2D eigenvalue weighted by molar-refractivity contribution is 7.93. The second kappa shape index (κ2) is 6.67. The summed E-state index contributed by atoms with van der Waals surface area (Å²) < 4.78 is 25.5. The van der Waals surface area contributed by atoms with E-state index < -0.39 is 15.9 Å². The van der Waals surface area contributed by atoms with Crippen LogP contribution in [-0.4, -0.2) is 41.7 Å². The number of amides is 1. The van der Waals surface area contributed by atoms with Crippen molar-refractivity contribution in [1.82, 2.24) is 15.3 Å². The number of hydrogen-bond donors (Lipinski definition) is 2. The van der Waals surface area contributed by atoms with Gasteiger partial charge in [0.25, 0.3) is 5.91 Å². The third-order valence-corrected chi connectivity index (χ3v) is 5.82. The third-order valence-electron chi connectivity index (χ3n) is 3.95. The molecule has 0 aliphatic carbocycles. The number of carbonyl (C=O) groups is 1. The van der Waals surface area contributed by atoms with Gasteiger partial charge in [-0.05, 0) is 31.0 Å². The molecule has 1 aromatic heterocycles. The zero-order valence-corrected chi connectivity index (χ0v) is 14.4. The zero-order chi connectivity index (χ0) is 18.0. The molecular weight excluding hydrogens is 344 g/mol. The predicted molar refractivity (Wildman–Crippen MR) is 91.8 cm³/mol. The van der Waals surface area contributed by atoms with E-state index in [1.807, 2.05) is 6.07 Å². The molecule has 1 saturated heterocycles. The molecule has 2 aromatic rings. The van der Waals surface area contributed by atoms with Crippen LogP contribution >= 0.6 is 0 Å². The van der Waals surface area contributed by atoms with Crippen LogP contribution in [0.15, 0.2) is 36.7 Å². The lowest BCUT2D eigenvalue weighted by Crippen LogP contribution is -2.29. The Morgan fingerprint density at radius 1 is 1.32 bits per heavy atom. The fraction of sp³-hybridized carbons (Fsp3) is 0.312. The number of benzene rings is 1. The highest BCUT2D eigenvalue weighted by atomic mass is 32.2. The van der Waals surface area contributed by atoms with E-state index in [2.05, 4.69) is 15.3 Å². The predicted octanol–water partition coefficient (Wildman–Crippen LogP) is 1.21. The molecule has 25 heavy (non-hydrogen) atoms. The number of sulfonamides is 1. The van der Waals surface area contributed by atoms with E-state index in [1.54, 1.807) is 25.1 Å². The van der Waals surface area contributed by atoms with E-state index in [4.69, 9.17) is 5.11 Å². The van der Waals surface area contributed by atoms with Crippen molar-refractivity contribution in [2.45, 2.75) is 19.4 Å². The topological polar surface area (TPSA) is 112 Å². The van der Waals surface area contributed by atoms with Gasteiger partial charge in [-0.2, -0.15) is 0 Å². The summed E-state index contributed by atoms with van der Waals surface area (Å²) in [6.07, 6.45) is 2.90. The Bertz CT molecular complexity index is 883. The Hall–Kier alpha value is -2.68. The number of aromatic nitrogens is 2. The Morgan fingerprint density at radius 3 is 2.68 bits per heavy atom. The van der Waals surface area contributed by atoms with E-state index in [0.29, 0.717) is 18.7 Å². The molecule has 1 aromatic carbocycles. The number of anilines is 1. The standard InChI is InChI=1S/C16H18N4O4S/c1-11(19-16(22)15-17-9-14(21)10-18-15)12-4-2-5-13(8-12)20-6-3-7-25(20,23)24/h2,4-5,8-11,21H,3,6-7H2,1H3,(H,19,22). The summed E-state index contributed by atoms with van der Waals surface area (Å²) in [4.78, 5) is 19.7. The molecular formula is C16H18N4O4S. The first-order chi connectivity index (χ1) is 11.9. The lowest BCUT2D eigenvalue weighted by Gasteiger charge is -2.20. The molecule has 1 atom stereocenters. The van der Waals surface area contributed by atoms with Crippen molar-refractivity contribution >= 4 is 21.6 Å². The number of aromatic hydroxyl groups is 1. The maximum atomic E-state index is 12.2. The highest BCUT2D eigenvalue weighted by Crippen LogP contribution is 2.26. The van der Waals surface area contributed by atoms with Gasteiger partial charge in [0.2, 0.25) is 15.8 Å². The molecule has 132 valence electrons. The number of nitrogens with zero attached hydrogens (tertiary/aromatic N) is 3. The smallest absolute Gasteiger partial charge is 0.289 e. The van der Waals surface area contributed by atoms with E-state index in [-0.39, 0.29) is 23.4 Å². The second-order valence-electron chi connectivity index (χ2n) is 5.80. The van der Waals surface area contributed by atoms with Crippen LogP contribution in [0.2, 0.25) is 0 Å². The minimum Gasteiger partial charge on any atom is -0.505 e. The Kier molecular flexibility index (Phi) is 4.58. The number of nitrogens with one attached hydrogen (secondary N) is 1. The number of rotatable bonds is 4. The summed E-state index contributed by atoms with van der Waals surface area (Å²) in [7, 11) is -3.25. The summed E-state index contributed by atoms with van der Waals surface area (Å²) in [6.45, 7) is 2.25. The van der Waals surface area contributed by atoms with Crippen LogP contribution in [0.3, 0.4) is 0 Å². The first-order valence-corrected chi connectivity index (χ1v) is 9.40. The van der Waals surface area contributed by atoms with E-state index in [0.717, 1.165) is 18.0 Å². The molecule has 8 nitrogen and oxygen atoms in total. The van der Waals surface area contributed by atoms with Crippen LogP contribution in [0.5, 0.6) is 5.75 Å². The molecule has 0 spiro atoms. The van der Waals surface area contributed by atoms with Gasteiger partial charge in [0, 0.05) is 6.54 Å². The van der Waals surface area contributed by atoms with Crippen molar-refractivity contribution in [2.24, 2.45) is 0 Å². The molecule has 3 rings (SSSR count). The first-order valence-electron chi connectivity index (χ1n) is 7.79. The quantitative estimate of drug-likeness (QED) is 0.845. The van der Waals surface area contributed by atoms with Gasteiger partial charge in [0.1, 0.15) is 0 Å². The Balaban J connectivity index is 1.76. The maximum Gasteiger partial charge on any atom is 0.289 e. The van der Waals surface area contributed by atoms with Crippen LogP contribution < -0.4 is 9.62 Å². The van der Waals surface area contributed by atoms with Gasteiger partial charge in [-0.25, -0.2) is 18.4 Å². The van der Waals surface area contributed by atoms with Crippen LogP contribution in [0.4, 0.5) is 5.69 Å². The number of hydrogen-bond acceptors (Lipinski definition) is 6. The average Bonchev–Trinajstić information content (AvgIpc) is 2.94. The number of carbonyl (C=O) groups excluding carboxylic acids is 1. The van der Waals surface area contributed by atoms with Gasteiger partial charge >= 0.3 is 0 Å². The monoisotopic (exact) mass is 362 g/mol. The van der Waals surface area contributed by atoms with Gasteiger partial charge in [-0.1, -0.05) is 12.1 Å². The lowest BCUT2D eigenvalue weighted by molar-refractivity contribution is 0.0929. The van der Waals surface area contributed by atoms with Crippen LogP contribution in [0.25, 0.3) is 0 Å². The fourth-order valence-electron chi connectivity index (χ4n) is 2.66. The molecule has 1 aliphatic heterocycles. The van der Waals surface area contributed by atoms with Crippen LogP contribution in [0.1, 0.15) is 35.6 Å². The van der Waals surface area contributed by atoms with Crippen molar-refractivity contribution in [3.05, 3.63) is 48.0 Å². The summed E-state index contributed by atoms with van der Waals surface area (Å²) in [5.74, 6) is -0.499. The van der Waals surface area contributed by atoms with Gasteiger partial charge in [0.15, 0.2) is 5.75 Å². The summed E-state index contributed by atoms with van der Waals surface area (Å²) in [6, 6.07) is 6.71. The van der Waals surface area contributed by atoms with Crippen LogP contribution in [0, 0.1) is 0 Å². The summed E-state index contributed by atoms with van der Waals surface area (Å²) in [5, 5.41) is 11.9. The van der Waals surface area contributed by atoms with E-state index in [1.165, 1.54) is 4.31 Å². The average molecular weight is 362 g/mol. The zero-order valence-electron chi connectivity index (χ0n) is 13.6. The van der Waals surface area contributed by atoms with Gasteiger partial charge < -0.3 is 10.4 Å². The maximum absolute atomic E-state index is 12.2. The fourth-order valence-corrected chi connectivity index (χ4v) is 4.22. The van der Waals surface area contributed by atoms with Gasteiger partial charge in [-0.3, -0.25) is 9.10 Å². The van der Waals surface area contributed by atoms with Crippen molar-refractivity contribution in [3.8, 4) is 5.75 Å². The Morgan fingerprint density at radius 2 is 2.04 bits per heavy atom. The summed E-state index contributed by atoms with van der Waals surface area (Å²) in [5.41, 5.74) is 1.36. The molecule has 1 unspecified atom stereocenters. The molecule has 2 heterocycles. The molecule has 0 bridgehead atoms. The van der Waals surface area contributed by atoms with Crippen molar-refractivity contribution in [2.75, 3.05) is 16.6 Å². The van der Waals surface area contributed by atoms with Gasteiger partial charge in [-0.15, -0.1) is 0 Å². The molecule has 0 radical (unpaired) electrons. The first kappa shape index (κ1) is 17.2. The summed E-state index contributed by atoms with van der Waals surface area (Å²) >= 11 is 0. The van der Waals surface area contributed by atoms with E-state index in [9.17, 15) is 13.2 Å². The molecule has 1 fully saturated rings. The van der Waals surface area contributed by atoms with Gasteiger partial charge in [0.05, 0.1) is 29.9 Å². The minimum atomic E-state index is -3.25. The molecule has 1 aliphatic rings. The molecule has 1 amide bonds.